The molecule has 0 unspecified atom stereocenters. The number of aryl methyl sites for hydroxylation is 6. The summed E-state index contributed by atoms with van der Waals surface area (Å²) in [6.45, 7) is 13.2. The van der Waals surface area contributed by atoms with E-state index in [1.54, 1.807) is 0 Å². The zero-order valence-electron chi connectivity index (χ0n) is 36.9. The van der Waals surface area contributed by atoms with Crippen LogP contribution in [0.4, 0.5) is 34.1 Å². The summed E-state index contributed by atoms with van der Waals surface area (Å²) in [4.78, 5) is 4.84. The Labute approximate surface area is 369 Å². The first-order valence-electron chi connectivity index (χ1n) is 22.0. The molecule has 0 amide bonds. The molecule has 62 heavy (non-hydrogen) atoms. The average Bonchev–Trinajstić information content (AvgIpc) is 3.31. The minimum Gasteiger partial charge on any atom is -0.310 e. The number of anilines is 6. The molecule has 2 heteroatoms. The Kier molecular flexibility index (Phi) is 12.8. The molecule has 0 saturated heterocycles. The SMILES string of the molecule is CCc1cccc(C)c1N(c1ccc(C=Cc2ccc(C)cc2)cc1)c1ccc(-c2ccc(N(c3ccc(C=Cc4ccc(C)cc4)cc3)c3c(C)cccc3CC)cc2)cc1. The molecule has 0 saturated carbocycles. The fraction of sp³-hybridized carbons (Fsp3) is 0.133. The third-order valence-corrected chi connectivity index (χ3v) is 11.8. The van der Waals surface area contributed by atoms with Gasteiger partial charge in [0, 0.05) is 22.7 Å². The summed E-state index contributed by atoms with van der Waals surface area (Å²) in [6, 6.07) is 66.5. The van der Waals surface area contributed by atoms with Gasteiger partial charge in [-0.2, -0.15) is 0 Å². The van der Waals surface area contributed by atoms with Gasteiger partial charge in [0.1, 0.15) is 0 Å². The van der Waals surface area contributed by atoms with Gasteiger partial charge in [-0.15, -0.1) is 0 Å². The summed E-state index contributed by atoms with van der Waals surface area (Å²) in [7, 11) is 0. The lowest BCUT2D eigenvalue weighted by atomic mass is 10.00. The van der Waals surface area contributed by atoms with Crippen molar-refractivity contribution in [2.24, 2.45) is 0 Å². The Hall–Kier alpha value is -7.16. The first-order valence-corrected chi connectivity index (χ1v) is 22.0. The number of para-hydroxylation sites is 2. The van der Waals surface area contributed by atoms with Gasteiger partial charge in [0.25, 0.3) is 0 Å². The summed E-state index contributed by atoms with van der Waals surface area (Å²) in [6.07, 6.45) is 10.6. The maximum atomic E-state index is 2.42. The van der Waals surface area contributed by atoms with Crippen LogP contribution in [0.15, 0.2) is 182 Å². The maximum absolute atomic E-state index is 2.42. The van der Waals surface area contributed by atoms with Crippen molar-refractivity contribution in [3.05, 3.63) is 238 Å². The number of hydrogen-bond acceptors (Lipinski definition) is 2. The largest absolute Gasteiger partial charge is 0.310 e. The summed E-state index contributed by atoms with van der Waals surface area (Å²) in [5.41, 5.74) is 21.8. The van der Waals surface area contributed by atoms with Crippen molar-refractivity contribution in [2.45, 2.75) is 54.4 Å². The molecule has 0 N–H and O–H groups in total. The summed E-state index contributed by atoms with van der Waals surface area (Å²) >= 11 is 0. The third kappa shape index (κ3) is 9.41. The van der Waals surface area contributed by atoms with E-state index < -0.39 is 0 Å². The van der Waals surface area contributed by atoms with E-state index in [1.807, 2.05) is 0 Å². The van der Waals surface area contributed by atoms with Gasteiger partial charge in [0.2, 0.25) is 0 Å². The summed E-state index contributed by atoms with van der Waals surface area (Å²) in [5.74, 6) is 0. The molecule has 0 aromatic heterocycles. The van der Waals surface area contributed by atoms with Crippen LogP contribution in [0.5, 0.6) is 0 Å². The molecule has 0 aliphatic carbocycles. The predicted octanol–water partition coefficient (Wildman–Crippen LogP) is 17.0. The van der Waals surface area contributed by atoms with Gasteiger partial charge in [-0.25, -0.2) is 0 Å². The number of rotatable bonds is 13. The van der Waals surface area contributed by atoms with Crippen molar-refractivity contribution in [3.8, 4) is 11.1 Å². The van der Waals surface area contributed by atoms with Crippen LogP contribution in [0.25, 0.3) is 35.4 Å². The van der Waals surface area contributed by atoms with Crippen LogP contribution in [0, 0.1) is 27.7 Å². The first kappa shape index (κ1) is 41.6. The molecule has 8 aromatic rings. The fourth-order valence-electron chi connectivity index (χ4n) is 8.28. The first-order chi connectivity index (χ1) is 30.3. The molecule has 0 aliphatic heterocycles. The lowest BCUT2D eigenvalue weighted by molar-refractivity contribution is 1.10. The van der Waals surface area contributed by atoms with Gasteiger partial charge in [-0.1, -0.05) is 183 Å². The Balaban J connectivity index is 1.09. The molecule has 0 radical (unpaired) electrons. The zero-order valence-corrected chi connectivity index (χ0v) is 36.9. The lowest BCUT2D eigenvalue weighted by Gasteiger charge is -2.30. The number of benzene rings is 8. The van der Waals surface area contributed by atoms with E-state index in [0.29, 0.717) is 0 Å². The van der Waals surface area contributed by atoms with Crippen LogP contribution in [0.2, 0.25) is 0 Å². The second kappa shape index (κ2) is 19.0. The van der Waals surface area contributed by atoms with Gasteiger partial charge in [0.05, 0.1) is 11.4 Å². The highest BCUT2D eigenvalue weighted by Gasteiger charge is 2.20. The highest BCUT2D eigenvalue weighted by Crippen LogP contribution is 2.42. The van der Waals surface area contributed by atoms with Gasteiger partial charge in [-0.05, 0) is 145 Å². The second-order valence-electron chi connectivity index (χ2n) is 16.3. The normalized spacial score (nSPS) is 11.4. The van der Waals surface area contributed by atoms with Crippen LogP contribution >= 0.6 is 0 Å². The van der Waals surface area contributed by atoms with Gasteiger partial charge >= 0.3 is 0 Å². The van der Waals surface area contributed by atoms with E-state index in [0.717, 1.165) is 35.6 Å². The van der Waals surface area contributed by atoms with Crippen LogP contribution in [0.1, 0.15) is 69.5 Å². The van der Waals surface area contributed by atoms with E-state index in [4.69, 9.17) is 0 Å². The lowest BCUT2D eigenvalue weighted by Crippen LogP contribution is -2.13. The molecule has 8 rings (SSSR count). The molecule has 0 aliphatic rings. The topological polar surface area (TPSA) is 6.48 Å². The summed E-state index contributed by atoms with van der Waals surface area (Å²) in [5, 5.41) is 0. The maximum Gasteiger partial charge on any atom is 0.0522 e. The molecule has 306 valence electrons. The van der Waals surface area contributed by atoms with Gasteiger partial charge in [0.15, 0.2) is 0 Å². The molecule has 0 spiro atoms. The quantitative estimate of drug-likeness (QED) is 0.107. The predicted molar refractivity (Wildman–Crippen MR) is 270 cm³/mol. The second-order valence-corrected chi connectivity index (χ2v) is 16.3. The monoisotopic (exact) mass is 804 g/mol. The van der Waals surface area contributed by atoms with Crippen molar-refractivity contribution in [1.29, 1.82) is 0 Å². The minimum atomic E-state index is 0.948. The van der Waals surface area contributed by atoms with Crippen molar-refractivity contribution >= 4 is 58.4 Å². The third-order valence-electron chi connectivity index (χ3n) is 11.8. The molecular weight excluding hydrogens is 749 g/mol. The molecule has 0 fully saturated rings. The molecule has 0 heterocycles. The van der Waals surface area contributed by atoms with Crippen LogP contribution in [-0.2, 0) is 12.8 Å². The standard InChI is InChI=1S/C60H56N2/c1-7-51-13-9-11-45(5)59(51)61(55-35-27-49(28-36-55)25-23-47-19-15-43(3)16-20-47)57-39-31-53(32-40-57)54-33-41-58(42-34-54)62(60-46(6)12-10-14-52(60)8-2)56-37-29-50(30-38-56)26-24-48-21-17-44(4)18-22-48/h9-42H,7-8H2,1-6H3. The number of hydrogen-bond donors (Lipinski definition) is 0. The molecular formula is C60H56N2. The highest BCUT2D eigenvalue weighted by atomic mass is 15.2. The van der Waals surface area contributed by atoms with E-state index in [9.17, 15) is 0 Å². The van der Waals surface area contributed by atoms with Crippen LogP contribution in [-0.4, -0.2) is 0 Å². The molecule has 8 aromatic carbocycles. The Morgan fingerprint density at radius 2 is 0.597 bits per heavy atom. The molecule has 0 bridgehead atoms. The van der Waals surface area contributed by atoms with Crippen molar-refractivity contribution < 1.29 is 0 Å². The van der Waals surface area contributed by atoms with Gasteiger partial charge < -0.3 is 9.80 Å². The Morgan fingerprint density at radius 3 is 0.887 bits per heavy atom. The smallest absolute Gasteiger partial charge is 0.0522 e. The van der Waals surface area contributed by atoms with Gasteiger partial charge in [-0.3, -0.25) is 0 Å². The molecule has 2 nitrogen and oxygen atoms in total. The number of nitrogens with zero attached hydrogens (tertiary/aromatic N) is 2. The minimum absolute atomic E-state index is 0.948. The summed E-state index contributed by atoms with van der Waals surface area (Å²) < 4.78 is 0. The van der Waals surface area contributed by atoms with Crippen molar-refractivity contribution in [2.75, 3.05) is 9.80 Å². The average molecular weight is 805 g/mol. The zero-order chi connectivity index (χ0) is 43.0. The molecule has 0 atom stereocenters. The van der Waals surface area contributed by atoms with E-state index in [1.165, 1.54) is 78.1 Å². The van der Waals surface area contributed by atoms with E-state index in [-0.39, 0.29) is 0 Å². The Morgan fingerprint density at radius 1 is 0.323 bits per heavy atom. The Bertz CT molecular complexity index is 2590. The van der Waals surface area contributed by atoms with Crippen LogP contribution in [0.3, 0.4) is 0 Å². The van der Waals surface area contributed by atoms with Crippen LogP contribution < -0.4 is 9.80 Å². The van der Waals surface area contributed by atoms with E-state index in [2.05, 4.69) is 258 Å². The highest BCUT2D eigenvalue weighted by molar-refractivity contribution is 5.85. The fourth-order valence-corrected chi connectivity index (χ4v) is 8.28. The van der Waals surface area contributed by atoms with Crippen molar-refractivity contribution in [1.82, 2.24) is 0 Å². The van der Waals surface area contributed by atoms with E-state index >= 15 is 0 Å². The van der Waals surface area contributed by atoms with Crippen molar-refractivity contribution in [3.63, 3.8) is 0 Å².